The van der Waals surface area contributed by atoms with Crippen molar-refractivity contribution in [1.82, 2.24) is 15.5 Å². The summed E-state index contributed by atoms with van der Waals surface area (Å²) in [6.45, 7) is 9.72. The van der Waals surface area contributed by atoms with Gasteiger partial charge in [0, 0.05) is 51.4 Å². The minimum absolute atomic E-state index is 0.152. The lowest BCUT2D eigenvalue weighted by Crippen LogP contribution is -2.50. The van der Waals surface area contributed by atoms with E-state index in [1.54, 1.807) is 7.05 Å². The van der Waals surface area contributed by atoms with Crippen LogP contribution in [-0.4, -0.2) is 62.7 Å². The van der Waals surface area contributed by atoms with E-state index in [2.05, 4.69) is 45.8 Å². The van der Waals surface area contributed by atoms with E-state index in [1.807, 2.05) is 18.2 Å². The summed E-state index contributed by atoms with van der Waals surface area (Å²) < 4.78 is 5.92. The van der Waals surface area contributed by atoms with Crippen molar-refractivity contribution in [3.05, 3.63) is 29.8 Å². The second kappa shape index (κ2) is 12.1. The molecule has 0 spiro atoms. The first-order chi connectivity index (χ1) is 15.0. The molecule has 3 rings (SSSR count). The highest BCUT2D eigenvalue weighted by molar-refractivity contribution is 5.92. The number of morpholine rings is 1. The van der Waals surface area contributed by atoms with E-state index in [4.69, 9.17) is 4.74 Å². The average molecular weight is 430 g/mol. The van der Waals surface area contributed by atoms with Crippen molar-refractivity contribution in [1.29, 1.82) is 0 Å². The Morgan fingerprint density at radius 3 is 2.81 bits per heavy atom. The van der Waals surface area contributed by atoms with Gasteiger partial charge < -0.3 is 20.7 Å². The Labute approximate surface area is 187 Å². The Kier molecular flexibility index (Phi) is 9.15. The van der Waals surface area contributed by atoms with Gasteiger partial charge in [0.15, 0.2) is 5.96 Å². The zero-order chi connectivity index (χ0) is 22.1. The molecule has 1 aromatic carbocycles. The van der Waals surface area contributed by atoms with Crippen molar-refractivity contribution in [2.45, 2.75) is 52.2 Å². The van der Waals surface area contributed by atoms with Gasteiger partial charge in [-0.3, -0.25) is 14.7 Å². The van der Waals surface area contributed by atoms with Gasteiger partial charge in [0.1, 0.15) is 0 Å². The second-order valence-electron chi connectivity index (χ2n) is 9.12. The maximum atomic E-state index is 12.4. The molecule has 0 radical (unpaired) electrons. The average Bonchev–Trinajstić information content (AvgIpc) is 3.29. The van der Waals surface area contributed by atoms with Gasteiger partial charge in [-0.2, -0.15) is 0 Å². The predicted octanol–water partition coefficient (Wildman–Crippen LogP) is 2.84. The van der Waals surface area contributed by atoms with Crippen LogP contribution in [0.5, 0.6) is 0 Å². The summed E-state index contributed by atoms with van der Waals surface area (Å²) in [4.78, 5) is 19.2. The predicted molar refractivity (Wildman–Crippen MR) is 126 cm³/mol. The molecule has 1 unspecified atom stereocenters. The highest BCUT2D eigenvalue weighted by Crippen LogP contribution is 2.26. The lowest BCUT2D eigenvalue weighted by atomic mass is 10.1. The molecular formula is C24H39N5O2. The van der Waals surface area contributed by atoms with E-state index in [1.165, 1.54) is 0 Å². The topological polar surface area (TPSA) is 78.0 Å². The molecule has 1 aromatic rings. The molecular weight excluding hydrogens is 390 g/mol. The van der Waals surface area contributed by atoms with Gasteiger partial charge in [-0.1, -0.05) is 38.8 Å². The number of carbonyl (C=O) groups is 1. The largest absolute Gasteiger partial charge is 0.374 e. The molecule has 1 aliphatic heterocycles. The van der Waals surface area contributed by atoms with Crippen LogP contribution in [0.2, 0.25) is 0 Å². The van der Waals surface area contributed by atoms with Crippen LogP contribution in [0.25, 0.3) is 0 Å². The number of nitrogens with one attached hydrogen (secondary N) is 3. The zero-order valence-electron chi connectivity index (χ0n) is 19.3. The highest BCUT2D eigenvalue weighted by Gasteiger charge is 2.23. The van der Waals surface area contributed by atoms with Crippen molar-refractivity contribution in [3.8, 4) is 0 Å². The van der Waals surface area contributed by atoms with Gasteiger partial charge in [-0.05, 0) is 36.5 Å². The molecule has 2 aliphatic rings. The summed E-state index contributed by atoms with van der Waals surface area (Å²) in [5.41, 5.74) is 1.96. The van der Waals surface area contributed by atoms with Gasteiger partial charge in [-0.15, -0.1) is 0 Å². The molecule has 1 heterocycles. The van der Waals surface area contributed by atoms with E-state index in [0.717, 1.165) is 75.7 Å². The first kappa shape index (κ1) is 23.5. The summed E-state index contributed by atoms with van der Waals surface area (Å²) in [5, 5.41) is 9.82. The number of ether oxygens (including phenoxy) is 1. The molecule has 7 heteroatoms. The Bertz CT molecular complexity index is 730. The fraction of sp³-hybridized carbons (Fsp3) is 0.667. The summed E-state index contributed by atoms with van der Waals surface area (Å²) in [7, 11) is 1.78. The minimum Gasteiger partial charge on any atom is -0.374 e. The van der Waals surface area contributed by atoms with Gasteiger partial charge in [0.25, 0.3) is 0 Å². The maximum absolute atomic E-state index is 12.4. The maximum Gasteiger partial charge on any atom is 0.227 e. The van der Waals surface area contributed by atoms with Gasteiger partial charge in [-0.25, -0.2) is 0 Å². The summed E-state index contributed by atoms with van der Waals surface area (Å²) >= 11 is 0. The number of anilines is 1. The van der Waals surface area contributed by atoms with Gasteiger partial charge in [0.2, 0.25) is 5.91 Å². The number of hydrogen-bond donors (Lipinski definition) is 3. The molecule has 2 fully saturated rings. The Balaban J connectivity index is 1.43. The molecule has 1 amide bonds. The highest BCUT2D eigenvalue weighted by atomic mass is 16.5. The summed E-state index contributed by atoms with van der Waals surface area (Å²) in [5.74, 6) is 1.74. The SMILES string of the molecule is CN=C(NCc1cccc(NC(=O)C2CCCC2)c1)NCC1CN(CC(C)C)CCO1. The first-order valence-electron chi connectivity index (χ1n) is 11.7. The van der Waals surface area contributed by atoms with Crippen LogP contribution in [-0.2, 0) is 16.1 Å². The molecule has 1 saturated heterocycles. The number of nitrogens with zero attached hydrogens (tertiary/aromatic N) is 2. The number of guanidine groups is 1. The van der Waals surface area contributed by atoms with Crippen LogP contribution >= 0.6 is 0 Å². The summed E-state index contributed by atoms with van der Waals surface area (Å²) in [6, 6.07) is 8.02. The van der Waals surface area contributed by atoms with Crippen LogP contribution in [0.4, 0.5) is 5.69 Å². The number of amides is 1. The van der Waals surface area contributed by atoms with Crippen LogP contribution in [0.1, 0.15) is 45.1 Å². The number of aliphatic imine (C=N–C) groups is 1. The fourth-order valence-electron chi connectivity index (χ4n) is 4.39. The third-order valence-electron chi connectivity index (χ3n) is 5.95. The zero-order valence-corrected chi connectivity index (χ0v) is 19.3. The third-order valence-corrected chi connectivity index (χ3v) is 5.95. The number of rotatable bonds is 8. The summed E-state index contributed by atoms with van der Waals surface area (Å²) in [6.07, 6.45) is 4.51. The molecule has 1 saturated carbocycles. The first-order valence-corrected chi connectivity index (χ1v) is 11.7. The van der Waals surface area contributed by atoms with Crippen LogP contribution < -0.4 is 16.0 Å². The Morgan fingerprint density at radius 1 is 1.26 bits per heavy atom. The lowest BCUT2D eigenvalue weighted by Gasteiger charge is -2.34. The molecule has 0 aromatic heterocycles. The van der Waals surface area contributed by atoms with E-state index in [-0.39, 0.29) is 17.9 Å². The van der Waals surface area contributed by atoms with Crippen molar-refractivity contribution < 1.29 is 9.53 Å². The Morgan fingerprint density at radius 2 is 2.06 bits per heavy atom. The van der Waals surface area contributed by atoms with Crippen molar-refractivity contribution in [2.24, 2.45) is 16.8 Å². The monoisotopic (exact) mass is 429 g/mol. The second-order valence-corrected chi connectivity index (χ2v) is 9.12. The van der Waals surface area contributed by atoms with E-state index in [0.29, 0.717) is 12.5 Å². The molecule has 1 atom stereocenters. The Hall–Kier alpha value is -2.12. The van der Waals surface area contributed by atoms with Crippen LogP contribution in [0, 0.1) is 11.8 Å². The number of hydrogen-bond acceptors (Lipinski definition) is 4. The minimum atomic E-state index is 0.152. The molecule has 7 nitrogen and oxygen atoms in total. The van der Waals surface area contributed by atoms with Crippen molar-refractivity contribution >= 4 is 17.6 Å². The van der Waals surface area contributed by atoms with E-state index in [9.17, 15) is 4.79 Å². The quantitative estimate of drug-likeness (QED) is 0.438. The molecule has 1 aliphatic carbocycles. The third kappa shape index (κ3) is 7.82. The molecule has 3 N–H and O–H groups in total. The number of carbonyl (C=O) groups excluding carboxylic acids is 1. The lowest BCUT2D eigenvalue weighted by molar-refractivity contribution is -0.119. The standard InChI is InChI=1S/C24H39N5O2/c1-18(2)16-29-11-12-31-22(17-29)15-27-24(25-3)26-14-19-7-6-10-21(13-19)28-23(30)20-8-4-5-9-20/h6-7,10,13,18,20,22H,4-5,8-9,11-12,14-17H2,1-3H3,(H,28,30)(H2,25,26,27). The molecule has 31 heavy (non-hydrogen) atoms. The molecule has 172 valence electrons. The van der Waals surface area contributed by atoms with Crippen LogP contribution in [0.15, 0.2) is 29.3 Å². The van der Waals surface area contributed by atoms with E-state index >= 15 is 0 Å². The smallest absolute Gasteiger partial charge is 0.227 e. The normalized spacial score (nSPS) is 20.8. The van der Waals surface area contributed by atoms with E-state index < -0.39 is 0 Å². The van der Waals surface area contributed by atoms with Crippen molar-refractivity contribution in [2.75, 3.05) is 45.2 Å². The van der Waals surface area contributed by atoms with Gasteiger partial charge >= 0.3 is 0 Å². The fourth-order valence-corrected chi connectivity index (χ4v) is 4.39. The van der Waals surface area contributed by atoms with Gasteiger partial charge in [0.05, 0.1) is 12.7 Å². The number of benzene rings is 1. The molecule has 0 bridgehead atoms. The van der Waals surface area contributed by atoms with Crippen molar-refractivity contribution in [3.63, 3.8) is 0 Å². The van der Waals surface area contributed by atoms with Crippen LogP contribution in [0.3, 0.4) is 0 Å².